The van der Waals surface area contributed by atoms with Gasteiger partial charge in [0.25, 0.3) is 0 Å². The molecule has 1 aliphatic heterocycles. The quantitative estimate of drug-likeness (QED) is 0.873. The first-order chi connectivity index (χ1) is 10.4. The third-order valence-electron chi connectivity index (χ3n) is 4.00. The Labute approximate surface area is 130 Å². The van der Waals surface area contributed by atoms with Gasteiger partial charge in [-0.05, 0) is 25.1 Å². The summed E-state index contributed by atoms with van der Waals surface area (Å²) in [6.07, 6.45) is 0.811. The van der Waals surface area contributed by atoms with Crippen LogP contribution in [-0.2, 0) is 9.59 Å². The van der Waals surface area contributed by atoms with Gasteiger partial charge in [0.2, 0.25) is 11.8 Å². The van der Waals surface area contributed by atoms with E-state index >= 15 is 0 Å². The van der Waals surface area contributed by atoms with Gasteiger partial charge in [0.15, 0.2) is 0 Å². The first kappa shape index (κ1) is 18.1. The molecule has 0 radical (unpaired) electrons. The number of carbonyl (C=O) groups is 2. The van der Waals surface area contributed by atoms with Crippen molar-refractivity contribution < 1.29 is 14.0 Å². The van der Waals surface area contributed by atoms with E-state index in [0.717, 1.165) is 13.0 Å². The highest BCUT2D eigenvalue weighted by atomic mass is 19.1. The maximum atomic E-state index is 11.9. The molecular formula is C16H24FN3O2. The summed E-state index contributed by atoms with van der Waals surface area (Å²) in [5, 5.41) is 0. The van der Waals surface area contributed by atoms with Gasteiger partial charge in [-0.1, -0.05) is 32.0 Å². The fourth-order valence-corrected chi connectivity index (χ4v) is 2.94. The molecule has 1 aliphatic rings. The molecule has 1 heterocycles. The van der Waals surface area contributed by atoms with Crippen molar-refractivity contribution >= 4 is 11.8 Å². The number of rotatable bonds is 4. The van der Waals surface area contributed by atoms with Crippen molar-refractivity contribution in [3.05, 3.63) is 36.1 Å². The number of hydrogen-bond acceptors (Lipinski definition) is 3. The minimum atomic E-state index is -0.424. The summed E-state index contributed by atoms with van der Waals surface area (Å²) in [5.74, 6) is -1.86. The van der Waals surface area contributed by atoms with E-state index in [2.05, 4.69) is 4.90 Å². The highest BCUT2D eigenvalue weighted by Crippen LogP contribution is 2.31. The molecule has 0 aliphatic carbocycles. The summed E-state index contributed by atoms with van der Waals surface area (Å²) in [5.41, 5.74) is 10.6. The Kier molecular flexibility index (Phi) is 6.98. The Morgan fingerprint density at radius 3 is 2.09 bits per heavy atom. The molecular weight excluding hydrogens is 285 g/mol. The lowest BCUT2D eigenvalue weighted by atomic mass is 9.88. The molecule has 6 heteroatoms. The minimum Gasteiger partial charge on any atom is -0.369 e. The van der Waals surface area contributed by atoms with E-state index in [1.54, 1.807) is 18.2 Å². The van der Waals surface area contributed by atoms with Crippen molar-refractivity contribution in [2.75, 3.05) is 13.1 Å². The van der Waals surface area contributed by atoms with Gasteiger partial charge in [-0.15, -0.1) is 0 Å². The second-order valence-electron chi connectivity index (χ2n) is 5.30. The SMILES string of the molecule is CCC1C(C(N)=O)C(C(N)=O)CN1CC.Fc1ccccc1. The molecule has 122 valence electrons. The van der Waals surface area contributed by atoms with Crippen molar-refractivity contribution in [1.82, 2.24) is 4.90 Å². The Bertz CT molecular complexity index is 495. The van der Waals surface area contributed by atoms with Crippen LogP contribution in [0.3, 0.4) is 0 Å². The second-order valence-corrected chi connectivity index (χ2v) is 5.30. The molecule has 1 aromatic rings. The van der Waals surface area contributed by atoms with E-state index in [1.807, 2.05) is 13.8 Å². The van der Waals surface area contributed by atoms with Crippen LogP contribution in [0.2, 0.25) is 0 Å². The average Bonchev–Trinajstić information content (AvgIpc) is 2.87. The molecule has 0 aromatic heterocycles. The second kappa shape index (κ2) is 8.48. The van der Waals surface area contributed by atoms with E-state index in [-0.39, 0.29) is 11.9 Å². The fourth-order valence-electron chi connectivity index (χ4n) is 2.94. The van der Waals surface area contributed by atoms with Gasteiger partial charge < -0.3 is 11.5 Å². The summed E-state index contributed by atoms with van der Waals surface area (Å²) >= 11 is 0. The van der Waals surface area contributed by atoms with Crippen molar-refractivity contribution in [2.45, 2.75) is 26.3 Å². The van der Waals surface area contributed by atoms with Crippen LogP contribution in [0, 0.1) is 17.7 Å². The minimum absolute atomic E-state index is 0.0602. The van der Waals surface area contributed by atoms with Gasteiger partial charge in [0, 0.05) is 12.6 Å². The van der Waals surface area contributed by atoms with Crippen LogP contribution in [0.4, 0.5) is 4.39 Å². The number of hydrogen-bond donors (Lipinski definition) is 2. The maximum absolute atomic E-state index is 11.9. The molecule has 0 spiro atoms. The van der Waals surface area contributed by atoms with Crippen LogP contribution >= 0.6 is 0 Å². The molecule has 1 saturated heterocycles. The largest absolute Gasteiger partial charge is 0.369 e. The van der Waals surface area contributed by atoms with Gasteiger partial charge in [-0.3, -0.25) is 14.5 Å². The molecule has 3 atom stereocenters. The molecule has 1 aromatic carbocycles. The predicted molar refractivity (Wildman–Crippen MR) is 83.1 cm³/mol. The van der Waals surface area contributed by atoms with Crippen molar-refractivity contribution in [3.63, 3.8) is 0 Å². The van der Waals surface area contributed by atoms with Crippen LogP contribution in [0.5, 0.6) is 0 Å². The molecule has 0 saturated carbocycles. The topological polar surface area (TPSA) is 89.4 Å². The predicted octanol–water partition coefficient (Wildman–Crippen LogP) is 1.13. The normalized spacial score (nSPS) is 24.4. The molecule has 5 nitrogen and oxygen atoms in total. The molecule has 2 rings (SSSR count). The smallest absolute Gasteiger partial charge is 0.222 e. The van der Waals surface area contributed by atoms with Crippen LogP contribution in [-0.4, -0.2) is 35.8 Å². The van der Waals surface area contributed by atoms with Crippen LogP contribution in [0.15, 0.2) is 30.3 Å². The standard InChI is InChI=1S/C10H19N3O2.C6H5F/c1-3-7-8(10(12)15)6(9(11)14)5-13(7)4-2;7-6-4-2-1-3-5-6/h6-8H,3-5H2,1-2H3,(H2,11,14)(H2,12,15);1-5H. The molecule has 1 fully saturated rings. The van der Waals surface area contributed by atoms with Crippen molar-refractivity contribution in [1.29, 1.82) is 0 Å². The van der Waals surface area contributed by atoms with E-state index in [4.69, 9.17) is 11.5 Å². The first-order valence-corrected chi connectivity index (χ1v) is 7.45. The van der Waals surface area contributed by atoms with Gasteiger partial charge in [-0.2, -0.15) is 0 Å². The van der Waals surface area contributed by atoms with Gasteiger partial charge in [0.05, 0.1) is 11.8 Å². The van der Waals surface area contributed by atoms with E-state index in [9.17, 15) is 14.0 Å². The summed E-state index contributed by atoms with van der Waals surface area (Å²) in [6, 6.07) is 8.00. The molecule has 0 bridgehead atoms. The van der Waals surface area contributed by atoms with Crippen LogP contribution < -0.4 is 11.5 Å². The number of primary amides is 2. The lowest BCUT2D eigenvalue weighted by Crippen LogP contribution is -2.41. The van der Waals surface area contributed by atoms with Crippen molar-refractivity contribution in [2.24, 2.45) is 23.3 Å². The average molecular weight is 309 g/mol. The van der Waals surface area contributed by atoms with Crippen LogP contribution in [0.1, 0.15) is 20.3 Å². The Morgan fingerprint density at radius 2 is 1.77 bits per heavy atom. The summed E-state index contributed by atoms with van der Waals surface area (Å²) < 4.78 is 11.9. The number of nitrogens with zero attached hydrogens (tertiary/aromatic N) is 1. The fraction of sp³-hybridized carbons (Fsp3) is 0.500. The Balaban J connectivity index is 0.000000287. The maximum Gasteiger partial charge on any atom is 0.222 e. The van der Waals surface area contributed by atoms with E-state index < -0.39 is 23.7 Å². The zero-order valence-electron chi connectivity index (χ0n) is 13.0. The number of carbonyl (C=O) groups excluding carboxylic acids is 2. The lowest BCUT2D eigenvalue weighted by molar-refractivity contribution is -0.130. The zero-order valence-corrected chi connectivity index (χ0v) is 13.0. The number of nitrogens with two attached hydrogens (primary N) is 2. The highest BCUT2D eigenvalue weighted by molar-refractivity contribution is 5.87. The highest BCUT2D eigenvalue weighted by Gasteiger charge is 2.45. The lowest BCUT2D eigenvalue weighted by Gasteiger charge is -2.24. The number of benzene rings is 1. The van der Waals surface area contributed by atoms with Crippen LogP contribution in [0.25, 0.3) is 0 Å². The Morgan fingerprint density at radius 1 is 1.18 bits per heavy atom. The summed E-state index contributed by atoms with van der Waals surface area (Å²) in [6.45, 7) is 5.36. The third-order valence-corrected chi connectivity index (χ3v) is 4.00. The molecule has 4 N–H and O–H groups in total. The monoisotopic (exact) mass is 309 g/mol. The third kappa shape index (κ3) is 4.53. The summed E-state index contributed by atoms with van der Waals surface area (Å²) in [4.78, 5) is 24.7. The first-order valence-electron chi connectivity index (χ1n) is 7.45. The zero-order chi connectivity index (χ0) is 16.7. The van der Waals surface area contributed by atoms with Gasteiger partial charge >= 0.3 is 0 Å². The van der Waals surface area contributed by atoms with Crippen molar-refractivity contribution in [3.8, 4) is 0 Å². The molecule has 22 heavy (non-hydrogen) atoms. The van der Waals surface area contributed by atoms with E-state index in [1.165, 1.54) is 12.1 Å². The summed E-state index contributed by atoms with van der Waals surface area (Å²) in [7, 11) is 0. The Hall–Kier alpha value is -1.95. The van der Waals surface area contributed by atoms with Gasteiger partial charge in [0.1, 0.15) is 5.82 Å². The van der Waals surface area contributed by atoms with E-state index in [0.29, 0.717) is 6.54 Å². The number of halogens is 1. The molecule has 2 amide bonds. The molecule has 3 unspecified atom stereocenters. The number of amides is 2. The number of likely N-dealkylation sites (tertiary alicyclic amines) is 1. The van der Waals surface area contributed by atoms with Gasteiger partial charge in [-0.25, -0.2) is 4.39 Å².